The summed E-state index contributed by atoms with van der Waals surface area (Å²) >= 11 is 0. The Morgan fingerprint density at radius 2 is 0.933 bits per heavy atom. The number of phosphoric ester groups is 6. The number of nitrogens with one attached hydrogen (secondary N) is 4. The second kappa shape index (κ2) is 41.6. The van der Waals surface area contributed by atoms with E-state index in [2.05, 4.69) is 81.0 Å². The van der Waals surface area contributed by atoms with Crippen LogP contribution >= 0.6 is 46.9 Å². The predicted octanol–water partition coefficient (Wildman–Crippen LogP) is 2.45. The summed E-state index contributed by atoms with van der Waals surface area (Å²) < 4.78 is 126. The lowest BCUT2D eigenvalue weighted by molar-refractivity contribution is -0.137. The number of aryl methyl sites for hydroxylation is 2. The molecule has 1 aromatic carbocycles. The molecule has 20 N–H and O–H groups in total. The summed E-state index contributed by atoms with van der Waals surface area (Å²) in [6.07, 6.45) is -5.04. The van der Waals surface area contributed by atoms with Crippen molar-refractivity contribution in [3.05, 3.63) is 60.7 Å². The molecule has 2 aliphatic heterocycles. The lowest BCUT2D eigenvalue weighted by Crippen LogP contribution is -2.46. The topological polar surface area (TPSA) is 727 Å². The second-order valence-electron chi connectivity index (χ2n) is 31.4. The third-order valence-electron chi connectivity index (χ3n) is 19.9. The van der Waals surface area contributed by atoms with E-state index in [1.807, 2.05) is 26.0 Å². The van der Waals surface area contributed by atoms with Crippen LogP contribution in [-0.4, -0.2) is 235 Å². The summed E-state index contributed by atoms with van der Waals surface area (Å²) in [5, 5.41) is 53.7. The molecule has 2 saturated heterocycles. The van der Waals surface area contributed by atoms with Gasteiger partial charge in [0.15, 0.2) is 35.4 Å². The first-order valence-corrected chi connectivity index (χ1v) is 46.7. The van der Waals surface area contributed by atoms with Crippen LogP contribution in [0.4, 0.5) is 11.6 Å². The van der Waals surface area contributed by atoms with E-state index >= 15 is 0 Å². The van der Waals surface area contributed by atoms with Gasteiger partial charge in [-0.2, -0.15) is 8.62 Å². The predicted molar refractivity (Wildman–Crippen MR) is 415 cm³/mol. The van der Waals surface area contributed by atoms with Crippen LogP contribution in [0.25, 0.3) is 22.3 Å². The molecule has 14 atom stereocenters. The Labute approximate surface area is 686 Å². The molecule has 0 bridgehead atoms. The van der Waals surface area contributed by atoms with E-state index in [1.54, 1.807) is 0 Å². The van der Waals surface area contributed by atoms with Gasteiger partial charge in [-0.15, -0.1) is 0 Å². The Kier molecular flexibility index (Phi) is 34.4. The van der Waals surface area contributed by atoms with Gasteiger partial charge >= 0.3 is 46.9 Å². The maximum absolute atomic E-state index is 13.1. The van der Waals surface area contributed by atoms with Gasteiger partial charge in [0.05, 0.1) is 39.1 Å². The van der Waals surface area contributed by atoms with Crippen LogP contribution in [0.15, 0.2) is 49.6 Å². The Hall–Kier alpha value is -6.36. The average Bonchev–Trinajstić information content (AvgIpc) is 1.63. The number of nitrogen functional groups attached to an aromatic ring is 2. The molecule has 5 aromatic rings. The number of nitrogens with two attached hydrogens (primary N) is 2. The van der Waals surface area contributed by atoms with Gasteiger partial charge in [0.25, 0.3) is 0 Å². The van der Waals surface area contributed by atoms with Crippen molar-refractivity contribution in [3.8, 4) is 0 Å². The van der Waals surface area contributed by atoms with E-state index in [0.29, 0.717) is 6.42 Å². The summed E-state index contributed by atoms with van der Waals surface area (Å²) in [7, 11) is -33.2. The zero-order valence-electron chi connectivity index (χ0n) is 66.1. The number of carbonyl (C=O) groups is 6. The highest BCUT2D eigenvalue weighted by atomic mass is 31.3. The van der Waals surface area contributed by atoms with Crippen molar-refractivity contribution in [1.29, 1.82) is 0 Å². The first-order chi connectivity index (χ1) is 55.8. The number of amides is 4. The number of anilines is 2. The zero-order chi connectivity index (χ0) is 88.8. The molecule has 0 spiro atoms. The molecule has 14 unspecified atom stereocenters. The fourth-order valence-corrected chi connectivity index (χ4v) is 18.9. The Morgan fingerprint density at radius 3 is 1.34 bits per heavy atom. The van der Waals surface area contributed by atoms with Crippen molar-refractivity contribution in [2.75, 3.05) is 64.1 Å². The molecule has 48 nitrogen and oxygen atoms in total. The fraction of sp³-hybridized carbons (Fsp3) is 0.667. The fourth-order valence-electron chi connectivity index (χ4n) is 13.3. The number of fused-ring (bicyclic) bond motifs is 2. The van der Waals surface area contributed by atoms with E-state index in [0.717, 1.165) is 98.7 Å². The number of ketones is 2. The number of unbranched alkanes of at least 4 members (excludes halogenated alkanes) is 2. The van der Waals surface area contributed by atoms with Crippen LogP contribution in [0.3, 0.4) is 0 Å². The quantitative estimate of drug-likeness (QED) is 0.0196. The number of nitrogens with zero attached hydrogens (tertiary/aromatic N) is 8. The minimum atomic E-state index is -5.65. The van der Waals surface area contributed by atoms with E-state index in [9.17, 15) is 116 Å². The molecule has 0 radical (unpaired) electrons. The lowest BCUT2D eigenvalue weighted by Gasteiger charge is -2.30. The molecule has 672 valence electrons. The van der Waals surface area contributed by atoms with Gasteiger partial charge in [-0.05, 0) is 73.3 Å². The number of aromatic nitrogens is 8. The number of Topliss-reactive ketones (excluding diaryl/α,β-unsaturated/α-hetero) is 2. The minimum absolute atomic E-state index is 0.00512. The van der Waals surface area contributed by atoms with Gasteiger partial charge in [-0.1, -0.05) is 78.6 Å². The van der Waals surface area contributed by atoms with E-state index in [-0.39, 0.29) is 115 Å². The lowest BCUT2D eigenvalue weighted by atomic mass is 9.81. The SMILES string of the molecule is CC(C)(CCCCc1ccccc1CCCCC1(CC(=O)CCNC(=O)CCNC(=O)C(O)C(C)(C)COP(=O)(O)OP(=O)(O)OCC2OC(n3cnc4c(N)ncnc43)C(O)C2OP(=O)(O)O)CC1)CC(=O)CCNC(=O)CCNC(=O)C(O)C(C)(C)COP(=O)(O)OP(=O)(O)OCC1OC(n2cnc3c(N)ncnc32)C(O)C1OP(=O)(O)O. The number of hydrogen-bond donors (Lipinski definition) is 18. The van der Waals surface area contributed by atoms with Crippen LogP contribution in [-0.2, 0) is 114 Å². The molecule has 1 saturated carbocycles. The number of carbonyl (C=O) groups excluding carboxylic acids is 6. The third-order valence-corrected chi connectivity index (χ3v) is 26.1. The van der Waals surface area contributed by atoms with Crippen LogP contribution in [0.1, 0.15) is 155 Å². The Bertz CT molecular complexity index is 4440. The normalized spacial score (nSPS) is 22.2. The van der Waals surface area contributed by atoms with Gasteiger partial charge in [0.2, 0.25) is 23.6 Å². The number of phosphoric acid groups is 6. The first kappa shape index (κ1) is 99.1. The summed E-state index contributed by atoms with van der Waals surface area (Å²) in [5.74, 6) is -3.27. The van der Waals surface area contributed by atoms with E-state index in [1.165, 1.54) is 38.8 Å². The number of ether oxygens (including phenoxy) is 2. The van der Waals surface area contributed by atoms with Crippen LogP contribution in [0.5, 0.6) is 0 Å². The molecule has 1 aliphatic carbocycles. The number of benzene rings is 1. The molecule has 4 aromatic heterocycles. The molecule has 120 heavy (non-hydrogen) atoms. The van der Waals surface area contributed by atoms with Crippen molar-refractivity contribution in [2.45, 2.75) is 206 Å². The largest absolute Gasteiger partial charge is 0.481 e. The molecular formula is C66H104N14O34P6. The standard InChI is InChI=1S/C66H104N14O34P6/c1-63(2,29-41(81)17-25-69-45(83)19-27-71-59(89)53(87)64(3,4)33-107-119(101,102)113-117(97,98)105-31-43-51(111-115(91,92)93)49(85)61(109-43)79-37-77-47-55(67)73-35-75-57(47)79)21-11-9-15-39-13-7-8-14-40(39)16-10-12-22-66(23-24-66)30-42(82)18-26-70-46(84)20-28-72-60(90)54(88)65(5,6)34-108-120(103,104)114-118(99,100)106-32-44-52(112-116(94,95)96)50(86)62(110-44)80-38-78-48-56(68)74-36-76-58(48)80/h7-8,13-14,35-38,43-44,49-54,61-62,85-88H,9-12,15-34H2,1-6H3,(H,69,83)(H,70,84)(H,71,89)(H,72,90)(H,97,98)(H,99,100)(H,101,102)(H,103,104)(H2,67,73,75)(H2,68,74,76)(H2,91,92,93)(H2,94,95,96). The highest BCUT2D eigenvalue weighted by molar-refractivity contribution is 7.61. The molecule has 4 amide bonds. The molecule has 8 rings (SSSR count). The number of rotatable bonds is 52. The zero-order valence-corrected chi connectivity index (χ0v) is 71.5. The average molecular weight is 1820 g/mol. The third kappa shape index (κ3) is 29.9. The molecule has 3 fully saturated rings. The minimum Gasteiger partial charge on any atom is -0.386 e. The van der Waals surface area contributed by atoms with Crippen LogP contribution < -0.4 is 32.7 Å². The van der Waals surface area contributed by atoms with Crippen molar-refractivity contribution >= 4 is 116 Å². The van der Waals surface area contributed by atoms with Gasteiger partial charge in [-0.25, -0.2) is 57.3 Å². The molecule has 54 heteroatoms. The Balaban J connectivity index is 0.637. The van der Waals surface area contributed by atoms with E-state index < -0.39 is 169 Å². The Morgan fingerprint density at radius 1 is 0.542 bits per heavy atom. The smallest absolute Gasteiger partial charge is 0.386 e. The van der Waals surface area contributed by atoms with Crippen molar-refractivity contribution in [2.24, 2.45) is 21.7 Å². The van der Waals surface area contributed by atoms with Crippen molar-refractivity contribution in [3.63, 3.8) is 0 Å². The monoisotopic (exact) mass is 1820 g/mol. The van der Waals surface area contributed by atoms with Crippen LogP contribution in [0.2, 0.25) is 0 Å². The number of aliphatic hydroxyl groups is 4. The number of aliphatic hydroxyl groups excluding tert-OH is 4. The summed E-state index contributed by atoms with van der Waals surface area (Å²) in [6, 6.07) is 8.23. The highest BCUT2D eigenvalue weighted by Crippen LogP contribution is 2.63. The molecular weight excluding hydrogens is 1720 g/mol. The summed E-state index contributed by atoms with van der Waals surface area (Å²) in [5.41, 5.74) is 10.4. The summed E-state index contributed by atoms with van der Waals surface area (Å²) in [6.45, 7) is 4.26. The van der Waals surface area contributed by atoms with Gasteiger partial charge in [0.1, 0.15) is 84.1 Å². The van der Waals surface area contributed by atoms with E-state index in [4.69, 9.17) is 39.0 Å². The summed E-state index contributed by atoms with van der Waals surface area (Å²) in [4.78, 5) is 181. The van der Waals surface area contributed by atoms with Gasteiger partial charge < -0.3 is 102 Å². The molecule has 6 heterocycles. The highest BCUT2D eigenvalue weighted by Gasteiger charge is 2.53. The van der Waals surface area contributed by atoms with Crippen molar-refractivity contribution in [1.82, 2.24) is 60.3 Å². The maximum Gasteiger partial charge on any atom is 0.481 e. The van der Waals surface area contributed by atoms with Crippen molar-refractivity contribution < 1.29 is 161 Å². The molecule has 3 aliphatic rings. The first-order valence-electron chi connectivity index (χ1n) is 37.7. The number of imidazole rings is 2. The maximum atomic E-state index is 13.1. The van der Waals surface area contributed by atoms with Gasteiger partial charge in [-0.3, -0.25) is 65.0 Å². The van der Waals surface area contributed by atoms with Crippen LogP contribution in [0, 0.1) is 21.7 Å². The second-order valence-corrected chi connectivity index (χ2v) is 39.9. The van der Waals surface area contributed by atoms with Gasteiger partial charge in [0, 0.05) is 75.5 Å². The number of hydrogen-bond acceptors (Lipinski definition) is 34.